The molecular weight excluding hydrogens is 315 g/mol. The zero-order chi connectivity index (χ0) is 11.6. The summed E-state index contributed by atoms with van der Waals surface area (Å²) >= 11 is 1.61. The maximum atomic E-state index is 10.8. The highest BCUT2D eigenvalue weighted by atomic mass is 127. The van der Waals surface area contributed by atoms with Crippen LogP contribution in [0.25, 0.3) is 0 Å². The van der Waals surface area contributed by atoms with Crippen LogP contribution in [0.3, 0.4) is 0 Å². The summed E-state index contributed by atoms with van der Waals surface area (Å²) < 4.78 is 0.0804. The lowest BCUT2D eigenvalue weighted by Crippen LogP contribution is -2.06. The van der Waals surface area contributed by atoms with E-state index in [9.17, 15) is 14.9 Å². The van der Waals surface area contributed by atoms with Gasteiger partial charge in [-0.3, -0.25) is 10.1 Å². The zero-order valence-electron chi connectivity index (χ0n) is 7.10. The van der Waals surface area contributed by atoms with Crippen LogP contribution in [0, 0.1) is 25.0 Å². The molecule has 0 saturated carbocycles. The average molecular weight is 318 g/mol. The molecule has 0 saturated heterocycles. The van der Waals surface area contributed by atoms with Gasteiger partial charge in [0.25, 0.3) is 5.69 Å². The molecule has 1 rings (SSSR count). The molecule has 0 fully saturated rings. The summed E-state index contributed by atoms with van der Waals surface area (Å²) in [5.74, 6) is -1.41. The van der Waals surface area contributed by atoms with E-state index in [1.165, 1.54) is 6.07 Å². The van der Waals surface area contributed by atoms with Gasteiger partial charge < -0.3 is 5.11 Å². The number of nitriles is 1. The summed E-state index contributed by atoms with van der Waals surface area (Å²) in [6.07, 6.45) is 0. The molecule has 6 nitrogen and oxygen atoms in total. The van der Waals surface area contributed by atoms with Gasteiger partial charge in [0.15, 0.2) is 5.56 Å². The minimum Gasteiger partial charge on any atom is -0.477 e. The fourth-order valence-corrected chi connectivity index (χ4v) is 1.82. The number of halogens is 1. The summed E-state index contributed by atoms with van der Waals surface area (Å²) in [4.78, 5) is 20.5. The van der Waals surface area contributed by atoms with Crippen molar-refractivity contribution in [3.05, 3.63) is 36.9 Å². The second kappa shape index (κ2) is 4.22. The number of hydrogen-bond acceptors (Lipinski definition) is 4. The van der Waals surface area contributed by atoms with Gasteiger partial charge in [0.05, 0.1) is 14.1 Å². The molecule has 0 aliphatic rings. The van der Waals surface area contributed by atoms with Crippen LogP contribution < -0.4 is 0 Å². The van der Waals surface area contributed by atoms with Crippen LogP contribution in [0.5, 0.6) is 0 Å². The molecule has 0 atom stereocenters. The molecule has 7 heteroatoms. The van der Waals surface area contributed by atoms with E-state index in [-0.39, 0.29) is 9.13 Å². The summed E-state index contributed by atoms with van der Waals surface area (Å²) in [6, 6.07) is 4.01. The molecule has 76 valence electrons. The van der Waals surface area contributed by atoms with E-state index in [0.29, 0.717) is 0 Å². The second-order valence-electron chi connectivity index (χ2n) is 2.50. The number of carboxylic acid groups (broad SMARTS) is 1. The van der Waals surface area contributed by atoms with Crippen molar-refractivity contribution >= 4 is 34.2 Å². The first-order valence-electron chi connectivity index (χ1n) is 3.59. The molecule has 0 heterocycles. The number of benzene rings is 1. The Morgan fingerprint density at radius 2 is 2.20 bits per heavy atom. The number of nitro benzene ring substituents is 1. The molecule has 0 bridgehead atoms. The van der Waals surface area contributed by atoms with Gasteiger partial charge in [0, 0.05) is 6.07 Å². The molecule has 0 unspecified atom stereocenters. The van der Waals surface area contributed by atoms with Crippen LogP contribution in [0.15, 0.2) is 12.1 Å². The number of hydrogen-bond donors (Lipinski definition) is 1. The van der Waals surface area contributed by atoms with Crippen LogP contribution in [0.2, 0.25) is 0 Å². The molecule has 1 aromatic carbocycles. The Bertz CT molecular complexity index is 492. The standard InChI is InChI=1S/C8H3IN2O4/c9-7-4(3-10)1-2-5(11(14)15)6(7)8(12)13/h1-2H,(H,12,13). The number of rotatable bonds is 2. The largest absolute Gasteiger partial charge is 0.477 e. The van der Waals surface area contributed by atoms with Crippen molar-refractivity contribution in [1.82, 2.24) is 0 Å². The molecule has 0 aromatic heterocycles. The van der Waals surface area contributed by atoms with E-state index in [1.54, 1.807) is 28.7 Å². The topological polar surface area (TPSA) is 104 Å². The number of carboxylic acids is 1. The van der Waals surface area contributed by atoms with Crippen molar-refractivity contribution in [1.29, 1.82) is 5.26 Å². The second-order valence-corrected chi connectivity index (χ2v) is 3.57. The van der Waals surface area contributed by atoms with E-state index >= 15 is 0 Å². The highest BCUT2D eigenvalue weighted by Crippen LogP contribution is 2.26. The highest BCUT2D eigenvalue weighted by molar-refractivity contribution is 14.1. The Kier molecular flexibility index (Phi) is 3.21. The quantitative estimate of drug-likeness (QED) is 0.508. The molecule has 1 N–H and O–H groups in total. The van der Waals surface area contributed by atoms with Crippen molar-refractivity contribution in [2.24, 2.45) is 0 Å². The van der Waals surface area contributed by atoms with Crippen molar-refractivity contribution in [2.45, 2.75) is 0 Å². The summed E-state index contributed by atoms with van der Waals surface area (Å²) in [5, 5.41) is 28.0. The Hall–Kier alpha value is -1.69. The van der Waals surface area contributed by atoms with E-state index in [2.05, 4.69) is 0 Å². The Labute approximate surface area is 97.4 Å². The Morgan fingerprint density at radius 3 is 2.60 bits per heavy atom. The molecule has 1 aromatic rings. The smallest absolute Gasteiger partial charge is 0.343 e. The third kappa shape index (κ3) is 2.04. The van der Waals surface area contributed by atoms with Gasteiger partial charge in [0.2, 0.25) is 0 Å². The third-order valence-electron chi connectivity index (χ3n) is 1.65. The van der Waals surface area contributed by atoms with E-state index < -0.39 is 22.1 Å². The molecule has 0 radical (unpaired) electrons. The van der Waals surface area contributed by atoms with E-state index in [1.807, 2.05) is 0 Å². The minimum atomic E-state index is -1.41. The number of aromatic carboxylic acids is 1. The summed E-state index contributed by atoms with van der Waals surface area (Å²) in [5.41, 5.74) is -0.843. The van der Waals surface area contributed by atoms with Gasteiger partial charge >= 0.3 is 5.97 Å². The number of nitro groups is 1. The van der Waals surface area contributed by atoms with Crippen LogP contribution in [0.4, 0.5) is 5.69 Å². The van der Waals surface area contributed by atoms with Gasteiger partial charge in [-0.2, -0.15) is 5.26 Å². The van der Waals surface area contributed by atoms with Crippen molar-refractivity contribution < 1.29 is 14.8 Å². The van der Waals surface area contributed by atoms with Gasteiger partial charge in [-0.15, -0.1) is 0 Å². The Balaban J connectivity index is 3.60. The highest BCUT2D eigenvalue weighted by Gasteiger charge is 2.24. The van der Waals surface area contributed by atoms with Crippen LogP contribution >= 0.6 is 22.6 Å². The van der Waals surface area contributed by atoms with Gasteiger partial charge in [-0.1, -0.05) is 0 Å². The molecule has 0 aliphatic heterocycles. The maximum Gasteiger partial charge on any atom is 0.343 e. The monoisotopic (exact) mass is 318 g/mol. The zero-order valence-corrected chi connectivity index (χ0v) is 9.26. The number of nitrogens with zero attached hydrogens (tertiary/aromatic N) is 2. The average Bonchev–Trinajstić information content (AvgIpc) is 2.16. The molecule has 0 amide bonds. The fraction of sp³-hybridized carbons (Fsp3) is 0. The van der Waals surface area contributed by atoms with Gasteiger partial charge in [-0.05, 0) is 28.7 Å². The lowest BCUT2D eigenvalue weighted by Gasteiger charge is -2.01. The molecule has 0 aliphatic carbocycles. The SMILES string of the molecule is N#Cc1ccc([N+](=O)[O-])c(C(=O)O)c1I. The lowest BCUT2D eigenvalue weighted by atomic mass is 10.1. The predicted octanol–water partition coefficient (Wildman–Crippen LogP) is 1.77. The molecule has 0 spiro atoms. The van der Waals surface area contributed by atoms with Gasteiger partial charge in [0.1, 0.15) is 6.07 Å². The predicted molar refractivity (Wildman–Crippen MR) is 57.5 cm³/mol. The van der Waals surface area contributed by atoms with E-state index in [4.69, 9.17) is 10.4 Å². The maximum absolute atomic E-state index is 10.8. The van der Waals surface area contributed by atoms with Crippen LogP contribution in [-0.4, -0.2) is 16.0 Å². The third-order valence-corrected chi connectivity index (χ3v) is 2.77. The molecular formula is C8H3IN2O4. The summed E-state index contributed by atoms with van der Waals surface area (Å²) in [7, 11) is 0. The van der Waals surface area contributed by atoms with Gasteiger partial charge in [-0.25, -0.2) is 4.79 Å². The normalized spacial score (nSPS) is 9.33. The number of carbonyl (C=O) groups is 1. The first-order valence-corrected chi connectivity index (χ1v) is 4.67. The Morgan fingerprint density at radius 1 is 1.60 bits per heavy atom. The lowest BCUT2D eigenvalue weighted by molar-refractivity contribution is -0.385. The fourth-order valence-electron chi connectivity index (χ4n) is 1.01. The van der Waals surface area contributed by atoms with Crippen molar-refractivity contribution in [2.75, 3.05) is 0 Å². The molecule has 15 heavy (non-hydrogen) atoms. The first-order chi connectivity index (χ1) is 6.99. The first kappa shape index (κ1) is 11.4. The van der Waals surface area contributed by atoms with E-state index in [0.717, 1.165) is 6.07 Å². The summed E-state index contributed by atoms with van der Waals surface area (Å²) in [6.45, 7) is 0. The van der Waals surface area contributed by atoms with Crippen molar-refractivity contribution in [3.8, 4) is 6.07 Å². The minimum absolute atomic E-state index is 0.0804. The van der Waals surface area contributed by atoms with Crippen LogP contribution in [0.1, 0.15) is 15.9 Å². The van der Waals surface area contributed by atoms with Crippen molar-refractivity contribution in [3.63, 3.8) is 0 Å². The van der Waals surface area contributed by atoms with Crippen LogP contribution in [-0.2, 0) is 0 Å².